The number of rotatable bonds is 5. The summed E-state index contributed by atoms with van der Waals surface area (Å²) in [7, 11) is 1.68. The topological polar surface area (TPSA) is 118 Å². The monoisotopic (exact) mass is 382 g/mol. The van der Waals surface area contributed by atoms with Gasteiger partial charge in [0.15, 0.2) is 0 Å². The van der Waals surface area contributed by atoms with Gasteiger partial charge in [-0.05, 0) is 0 Å². The molecule has 0 atom stereocenters. The zero-order valence-corrected chi connectivity index (χ0v) is 14.5. The summed E-state index contributed by atoms with van der Waals surface area (Å²) >= 11 is 3.00. The van der Waals surface area contributed by atoms with Crippen molar-refractivity contribution in [1.82, 2.24) is 0 Å². The van der Waals surface area contributed by atoms with Crippen LogP contribution in [0.4, 0.5) is 0 Å². The van der Waals surface area contributed by atoms with E-state index in [9.17, 15) is 0 Å². The molecule has 0 N–H and O–H groups in total. The fourth-order valence-corrected chi connectivity index (χ4v) is 1.81. The predicted octanol–water partition coefficient (Wildman–Crippen LogP) is 2.11. The summed E-state index contributed by atoms with van der Waals surface area (Å²) in [6.45, 7) is 23.1. The molecule has 0 radical (unpaired) electrons. The quantitative estimate of drug-likeness (QED) is 0.573. The number of ether oxygens (including phenoxy) is 2. The minimum absolute atomic E-state index is 0.621. The van der Waals surface area contributed by atoms with Gasteiger partial charge in [-0.25, -0.2) is 0 Å². The molecule has 25 heavy (non-hydrogen) atoms. The van der Waals surface area contributed by atoms with Gasteiger partial charge in [-0.3, -0.25) is 0 Å². The van der Waals surface area contributed by atoms with Crippen LogP contribution in [0, 0.1) is 39.2 Å². The molecular formula is C17H14CrO7. The standard InChI is InChI=1S/C12H14O2.5CO.Cr/c1-13-12-4-2-3-11(7-12)9-14-8-10-5-6-10;5*1-2;/h2-4,7,10H,5-6,9H2,1H3;;;;;;. The first-order valence-corrected chi connectivity index (χ1v) is 6.75. The molecule has 130 valence electrons. The van der Waals surface area contributed by atoms with E-state index >= 15 is 0 Å². The third kappa shape index (κ3) is 18.3. The molecule has 1 aromatic carbocycles. The zero-order chi connectivity index (χ0) is 20.7. The van der Waals surface area contributed by atoms with E-state index in [0.717, 1.165) is 15.9 Å². The third-order valence-corrected chi connectivity index (χ3v) is 3.13. The van der Waals surface area contributed by atoms with E-state index in [1.807, 2.05) is 24.3 Å². The Morgan fingerprint density at radius 3 is 1.88 bits per heavy atom. The Morgan fingerprint density at radius 1 is 1.00 bits per heavy atom. The van der Waals surface area contributed by atoms with Crippen molar-refractivity contribution < 1.29 is 48.6 Å². The van der Waals surface area contributed by atoms with Crippen molar-refractivity contribution in [3.8, 4) is 5.75 Å². The van der Waals surface area contributed by atoms with Crippen molar-refractivity contribution in [2.45, 2.75) is 19.4 Å². The molecule has 2 rings (SSSR count). The van der Waals surface area contributed by atoms with Crippen LogP contribution < -0.4 is 4.74 Å². The number of benzene rings is 1. The summed E-state index contributed by atoms with van der Waals surface area (Å²) in [4.78, 5) is 0. The molecule has 1 saturated carbocycles. The molecule has 0 amide bonds. The van der Waals surface area contributed by atoms with Gasteiger partial charge in [0, 0.05) is 0 Å². The Morgan fingerprint density at radius 2 is 1.48 bits per heavy atom. The van der Waals surface area contributed by atoms with Gasteiger partial charge in [0.05, 0.1) is 0 Å². The SMILES string of the molecule is COc1cccc(CO[C](=[Cr])C2CC2)c1.[C-]#[O+].[C-]#[O+].[C-]#[O+].[C-]#[O+].[C-]#[O+]. The zero-order valence-electron chi connectivity index (χ0n) is 13.3. The van der Waals surface area contributed by atoms with E-state index in [0.29, 0.717) is 12.5 Å². The third-order valence-electron chi connectivity index (χ3n) is 2.43. The maximum atomic E-state index is 7.50. The molecule has 0 saturated heterocycles. The Kier molecular flexibility index (Phi) is 33.3. The first kappa shape index (κ1) is 30.9. The number of hydrogen-bond donors (Lipinski definition) is 0. The Labute approximate surface area is 154 Å². The second-order valence-corrected chi connectivity index (χ2v) is 4.36. The normalized spacial score (nSPS) is 9.40. The molecule has 0 unspecified atom stereocenters. The van der Waals surface area contributed by atoms with Gasteiger partial charge in [-0.15, -0.1) is 0 Å². The van der Waals surface area contributed by atoms with Crippen LogP contribution in [0.15, 0.2) is 24.3 Å². The van der Waals surface area contributed by atoms with Crippen LogP contribution in [0.25, 0.3) is 0 Å². The summed E-state index contributed by atoms with van der Waals surface area (Å²) in [5, 5.41) is 0. The molecule has 1 aliphatic rings. The minimum atomic E-state index is 0.621. The van der Waals surface area contributed by atoms with E-state index < -0.39 is 0 Å². The van der Waals surface area contributed by atoms with Crippen molar-refractivity contribution in [1.29, 1.82) is 0 Å². The first-order chi connectivity index (χ1) is 12.3. The molecule has 8 heteroatoms. The van der Waals surface area contributed by atoms with Gasteiger partial charge in [0.1, 0.15) is 0 Å². The number of hydrogen-bond acceptors (Lipinski definition) is 2. The summed E-state index contributed by atoms with van der Waals surface area (Å²) in [6, 6.07) is 7.96. The number of methoxy groups -OCH3 is 1. The molecule has 0 bridgehead atoms. The molecule has 7 nitrogen and oxygen atoms in total. The Bertz CT molecular complexity index is 519. The van der Waals surface area contributed by atoms with Gasteiger partial charge >= 0.3 is 154 Å². The van der Waals surface area contributed by atoms with Crippen molar-refractivity contribution in [2.75, 3.05) is 7.11 Å². The molecule has 1 fully saturated rings. The molecule has 0 aromatic heterocycles. The van der Waals surface area contributed by atoms with Gasteiger partial charge in [0.2, 0.25) is 0 Å². The molecule has 1 aliphatic carbocycles. The summed E-state index contributed by atoms with van der Waals surface area (Å²) in [5.41, 5.74) is 1.14. The fraction of sp³-hybridized carbons (Fsp3) is 0.294. The average Bonchev–Trinajstić information content (AvgIpc) is 3.59. The predicted molar refractivity (Wildman–Crippen MR) is 75.2 cm³/mol. The second-order valence-electron chi connectivity index (χ2n) is 3.73. The van der Waals surface area contributed by atoms with Crippen LogP contribution in [-0.2, 0) is 50.5 Å². The van der Waals surface area contributed by atoms with Crippen LogP contribution in [0.2, 0.25) is 0 Å². The fourth-order valence-electron chi connectivity index (χ4n) is 1.35. The summed E-state index contributed by atoms with van der Waals surface area (Å²) in [5.74, 6) is 1.54. The van der Waals surface area contributed by atoms with Crippen molar-refractivity contribution in [3.05, 3.63) is 63.1 Å². The van der Waals surface area contributed by atoms with Gasteiger partial charge in [-0.2, -0.15) is 0 Å². The van der Waals surface area contributed by atoms with Crippen LogP contribution in [0.5, 0.6) is 5.75 Å². The van der Waals surface area contributed by atoms with Gasteiger partial charge in [0.25, 0.3) is 0 Å². The summed E-state index contributed by atoms with van der Waals surface area (Å²) < 4.78 is 49.4. The van der Waals surface area contributed by atoms with Crippen LogP contribution in [0.3, 0.4) is 0 Å². The van der Waals surface area contributed by atoms with Crippen molar-refractivity contribution >= 4 is 4.57 Å². The molecule has 0 heterocycles. The van der Waals surface area contributed by atoms with Crippen LogP contribution in [-0.4, -0.2) is 11.7 Å². The van der Waals surface area contributed by atoms with E-state index in [1.54, 1.807) is 7.11 Å². The second kappa shape index (κ2) is 27.0. The first-order valence-electron chi connectivity index (χ1n) is 6.11. The van der Waals surface area contributed by atoms with E-state index in [-0.39, 0.29) is 0 Å². The Hall–Kier alpha value is -1.92. The molecule has 1 aromatic rings. The van der Waals surface area contributed by atoms with E-state index in [4.69, 9.17) is 32.7 Å². The van der Waals surface area contributed by atoms with Crippen molar-refractivity contribution in [3.63, 3.8) is 0 Å². The average molecular weight is 382 g/mol. The van der Waals surface area contributed by atoms with Crippen LogP contribution >= 0.6 is 0 Å². The van der Waals surface area contributed by atoms with Gasteiger partial charge < -0.3 is 0 Å². The molecule has 0 aliphatic heterocycles. The van der Waals surface area contributed by atoms with Crippen LogP contribution in [0.1, 0.15) is 18.4 Å². The summed E-state index contributed by atoms with van der Waals surface area (Å²) in [6.07, 6.45) is 2.53. The Balaban J connectivity index is -0.000000191. The van der Waals surface area contributed by atoms with E-state index in [1.165, 1.54) is 12.8 Å². The van der Waals surface area contributed by atoms with Crippen molar-refractivity contribution in [2.24, 2.45) is 5.92 Å². The maximum absolute atomic E-state index is 7.50. The van der Waals surface area contributed by atoms with Gasteiger partial charge in [-0.1, -0.05) is 0 Å². The molecule has 0 spiro atoms. The molecular weight excluding hydrogens is 368 g/mol. The van der Waals surface area contributed by atoms with E-state index in [2.05, 4.69) is 49.1 Å².